The molecule has 0 unspecified atom stereocenters. The molecule has 0 radical (unpaired) electrons. The molecule has 0 spiro atoms. The van der Waals surface area contributed by atoms with Gasteiger partial charge in [-0.25, -0.2) is 4.98 Å². The summed E-state index contributed by atoms with van der Waals surface area (Å²) in [7, 11) is 1.99. The molecular weight excluding hydrogens is 164 g/mol. The maximum atomic E-state index is 8.90. The van der Waals surface area contributed by atoms with Crippen LogP contribution in [0.25, 0.3) is 0 Å². The third-order valence-corrected chi connectivity index (χ3v) is 2.09. The highest BCUT2D eigenvalue weighted by molar-refractivity contribution is 5.38. The number of hydrogen-bond acceptors (Lipinski definition) is 3. The van der Waals surface area contributed by atoms with Crippen molar-refractivity contribution in [2.24, 2.45) is 0 Å². The van der Waals surface area contributed by atoms with Crippen LogP contribution in [0.4, 0.5) is 5.82 Å². The molecule has 1 heterocycles. The molecule has 0 amide bonds. The van der Waals surface area contributed by atoms with Crippen molar-refractivity contribution in [1.82, 2.24) is 4.98 Å². The Morgan fingerprint density at radius 2 is 2.15 bits per heavy atom. The van der Waals surface area contributed by atoms with Gasteiger partial charge in [-0.05, 0) is 26.0 Å². The predicted octanol–water partition coefficient (Wildman–Crippen LogP) is 1.42. The molecule has 0 atom stereocenters. The van der Waals surface area contributed by atoms with Crippen LogP contribution in [0.3, 0.4) is 0 Å². The number of rotatable bonds is 3. The van der Waals surface area contributed by atoms with Crippen molar-refractivity contribution in [3.8, 4) is 0 Å². The molecule has 1 rings (SSSR count). The van der Waals surface area contributed by atoms with Gasteiger partial charge in [0.1, 0.15) is 5.82 Å². The highest BCUT2D eigenvalue weighted by atomic mass is 16.3. The topological polar surface area (TPSA) is 36.4 Å². The molecular formula is C10H16N2O. The summed E-state index contributed by atoms with van der Waals surface area (Å²) >= 11 is 0. The third kappa shape index (κ3) is 2.42. The van der Waals surface area contributed by atoms with Gasteiger partial charge in [0, 0.05) is 13.1 Å². The van der Waals surface area contributed by atoms with Crippen LogP contribution >= 0.6 is 0 Å². The summed E-state index contributed by atoms with van der Waals surface area (Å²) < 4.78 is 0. The highest BCUT2D eigenvalue weighted by Gasteiger charge is 2.05. The van der Waals surface area contributed by atoms with Gasteiger partial charge in [0.25, 0.3) is 0 Å². The van der Waals surface area contributed by atoms with E-state index < -0.39 is 0 Å². The van der Waals surface area contributed by atoms with Gasteiger partial charge in [0.05, 0.1) is 12.3 Å². The van der Waals surface area contributed by atoms with E-state index in [1.165, 1.54) is 0 Å². The molecule has 0 fully saturated rings. The monoisotopic (exact) mass is 180 g/mol. The molecule has 0 aliphatic rings. The van der Waals surface area contributed by atoms with Crippen molar-refractivity contribution in [3.05, 3.63) is 23.9 Å². The first-order valence-corrected chi connectivity index (χ1v) is 4.44. The van der Waals surface area contributed by atoms with Crippen LogP contribution in [0, 0.1) is 0 Å². The van der Waals surface area contributed by atoms with Gasteiger partial charge in [-0.15, -0.1) is 0 Å². The Kier molecular flexibility index (Phi) is 3.25. The first kappa shape index (κ1) is 9.99. The van der Waals surface area contributed by atoms with E-state index in [2.05, 4.69) is 23.7 Å². The molecule has 1 aromatic rings. The van der Waals surface area contributed by atoms with Gasteiger partial charge in [0.2, 0.25) is 0 Å². The van der Waals surface area contributed by atoms with Gasteiger partial charge in [0.15, 0.2) is 0 Å². The standard InChI is InChI=1S/C10H16N2O/c1-8(2)12(3)10-6-4-5-9(7-13)11-10/h4-6,8,13H,7H2,1-3H3. The van der Waals surface area contributed by atoms with Gasteiger partial charge in [-0.1, -0.05) is 6.07 Å². The van der Waals surface area contributed by atoms with Crippen LogP contribution < -0.4 is 4.90 Å². The number of anilines is 1. The van der Waals surface area contributed by atoms with Gasteiger partial charge >= 0.3 is 0 Å². The molecule has 1 N–H and O–H groups in total. The van der Waals surface area contributed by atoms with Crippen molar-refractivity contribution in [2.45, 2.75) is 26.5 Å². The minimum Gasteiger partial charge on any atom is -0.390 e. The minimum absolute atomic E-state index is 0.000223. The third-order valence-electron chi connectivity index (χ3n) is 2.09. The lowest BCUT2D eigenvalue weighted by Gasteiger charge is -2.22. The maximum absolute atomic E-state index is 8.90. The average molecular weight is 180 g/mol. The molecule has 0 saturated heterocycles. The molecule has 13 heavy (non-hydrogen) atoms. The van der Waals surface area contributed by atoms with E-state index >= 15 is 0 Å². The SMILES string of the molecule is CC(C)N(C)c1cccc(CO)n1. The van der Waals surface area contributed by atoms with Crippen molar-refractivity contribution < 1.29 is 5.11 Å². The van der Waals surface area contributed by atoms with E-state index in [0.29, 0.717) is 11.7 Å². The second-order valence-electron chi connectivity index (χ2n) is 3.35. The summed E-state index contributed by atoms with van der Waals surface area (Å²) in [5.41, 5.74) is 0.713. The molecule has 3 nitrogen and oxygen atoms in total. The predicted molar refractivity (Wildman–Crippen MR) is 53.7 cm³/mol. The molecule has 0 aliphatic heterocycles. The van der Waals surface area contributed by atoms with E-state index in [1.54, 1.807) is 0 Å². The molecule has 72 valence electrons. The van der Waals surface area contributed by atoms with E-state index in [4.69, 9.17) is 5.11 Å². The van der Waals surface area contributed by atoms with Crippen LogP contribution in [-0.4, -0.2) is 23.2 Å². The summed E-state index contributed by atoms with van der Waals surface area (Å²) in [6.45, 7) is 4.21. The molecule has 3 heteroatoms. The van der Waals surface area contributed by atoms with Crippen LogP contribution in [0.2, 0.25) is 0 Å². The number of aliphatic hydroxyl groups excluding tert-OH is 1. The second-order valence-corrected chi connectivity index (χ2v) is 3.35. The smallest absolute Gasteiger partial charge is 0.128 e. The van der Waals surface area contributed by atoms with E-state index in [-0.39, 0.29) is 6.61 Å². The fourth-order valence-corrected chi connectivity index (χ4v) is 1.02. The Balaban J connectivity index is 2.88. The highest BCUT2D eigenvalue weighted by Crippen LogP contribution is 2.11. The van der Waals surface area contributed by atoms with Gasteiger partial charge in [-0.2, -0.15) is 0 Å². The van der Waals surface area contributed by atoms with Crippen molar-refractivity contribution in [1.29, 1.82) is 0 Å². The second kappa shape index (κ2) is 4.23. The number of nitrogens with zero attached hydrogens (tertiary/aromatic N) is 2. The molecule has 1 aromatic heterocycles. The van der Waals surface area contributed by atoms with E-state index in [1.807, 2.05) is 25.2 Å². The Hall–Kier alpha value is -1.09. The number of aromatic nitrogens is 1. The van der Waals surface area contributed by atoms with Crippen LogP contribution in [0.15, 0.2) is 18.2 Å². The summed E-state index contributed by atoms with van der Waals surface area (Å²) in [4.78, 5) is 6.36. The minimum atomic E-state index is -0.000223. The fraction of sp³-hybridized carbons (Fsp3) is 0.500. The summed E-state index contributed by atoms with van der Waals surface area (Å²) in [5, 5.41) is 8.90. The largest absolute Gasteiger partial charge is 0.390 e. The number of pyridine rings is 1. The zero-order valence-electron chi connectivity index (χ0n) is 8.36. The molecule has 0 aliphatic carbocycles. The van der Waals surface area contributed by atoms with E-state index in [0.717, 1.165) is 5.82 Å². The molecule has 0 aromatic carbocycles. The normalized spacial score (nSPS) is 10.5. The Bertz CT molecular complexity index is 273. The van der Waals surface area contributed by atoms with Crippen LogP contribution in [0.5, 0.6) is 0 Å². The van der Waals surface area contributed by atoms with Crippen LogP contribution in [0.1, 0.15) is 19.5 Å². The summed E-state index contributed by atoms with van der Waals surface area (Å²) in [6.07, 6.45) is 0. The number of aliphatic hydroxyl groups is 1. The Morgan fingerprint density at radius 3 is 2.69 bits per heavy atom. The first-order valence-electron chi connectivity index (χ1n) is 4.44. The van der Waals surface area contributed by atoms with Crippen molar-refractivity contribution in [3.63, 3.8) is 0 Å². The number of hydrogen-bond donors (Lipinski definition) is 1. The summed E-state index contributed by atoms with van der Waals surface area (Å²) in [5.74, 6) is 0.904. The van der Waals surface area contributed by atoms with Gasteiger partial charge in [-0.3, -0.25) is 0 Å². The molecule has 0 bridgehead atoms. The van der Waals surface area contributed by atoms with Crippen LogP contribution in [-0.2, 0) is 6.61 Å². The fourth-order valence-electron chi connectivity index (χ4n) is 1.02. The lowest BCUT2D eigenvalue weighted by molar-refractivity contribution is 0.277. The van der Waals surface area contributed by atoms with Crippen molar-refractivity contribution >= 4 is 5.82 Å². The van der Waals surface area contributed by atoms with Crippen molar-refractivity contribution in [2.75, 3.05) is 11.9 Å². The summed E-state index contributed by atoms with van der Waals surface area (Å²) in [6, 6.07) is 6.09. The Morgan fingerprint density at radius 1 is 1.46 bits per heavy atom. The Labute approximate surface area is 79.0 Å². The maximum Gasteiger partial charge on any atom is 0.128 e. The zero-order valence-corrected chi connectivity index (χ0v) is 8.36. The van der Waals surface area contributed by atoms with E-state index in [9.17, 15) is 0 Å². The lowest BCUT2D eigenvalue weighted by atomic mass is 10.3. The van der Waals surface area contributed by atoms with Gasteiger partial charge < -0.3 is 10.0 Å². The lowest BCUT2D eigenvalue weighted by Crippen LogP contribution is -2.26. The average Bonchev–Trinajstić information content (AvgIpc) is 2.16. The zero-order chi connectivity index (χ0) is 9.84. The quantitative estimate of drug-likeness (QED) is 0.764. The molecule has 0 saturated carbocycles. The first-order chi connectivity index (χ1) is 6.15.